The maximum atomic E-state index is 12.3. The minimum absolute atomic E-state index is 0.266. The van der Waals surface area contributed by atoms with Crippen LogP contribution in [0.2, 0.25) is 0 Å². The highest BCUT2D eigenvalue weighted by molar-refractivity contribution is 6.61. The lowest BCUT2D eigenvalue weighted by Crippen LogP contribution is -2.51. The summed E-state index contributed by atoms with van der Waals surface area (Å²) >= 11 is 0. The third-order valence-electron chi connectivity index (χ3n) is 1.21. The van der Waals surface area contributed by atoms with E-state index >= 15 is 0 Å². The first kappa shape index (κ1) is 11.9. The molecule has 0 aliphatic carbocycles. The van der Waals surface area contributed by atoms with Gasteiger partial charge >= 0.3 is 14.9 Å². The van der Waals surface area contributed by atoms with Crippen LogP contribution in [-0.2, 0) is 18.0 Å². The monoisotopic (exact) mass is 202 g/mol. The molecule has 0 saturated heterocycles. The third kappa shape index (κ3) is 2.76. The lowest BCUT2D eigenvalue weighted by Gasteiger charge is -2.24. The number of hydrogen-bond donors (Lipinski definition) is 0. The molecule has 0 spiro atoms. The Morgan fingerprint density at radius 1 is 1.17 bits per heavy atom. The van der Waals surface area contributed by atoms with Gasteiger partial charge in [0.2, 0.25) is 0 Å². The average Bonchev–Trinajstić information content (AvgIpc) is 2.07. The van der Waals surface area contributed by atoms with Crippen molar-refractivity contribution in [2.24, 2.45) is 0 Å². The van der Waals surface area contributed by atoms with Crippen molar-refractivity contribution in [3.05, 3.63) is 0 Å². The van der Waals surface area contributed by atoms with Crippen LogP contribution in [0, 0.1) is 0 Å². The number of hydrogen-bond acceptors (Lipinski definition) is 4. The largest absolute Gasteiger partial charge is 0.572 e. The van der Waals surface area contributed by atoms with E-state index in [0.717, 1.165) is 14.2 Å². The molecule has 12 heavy (non-hydrogen) atoms. The lowest BCUT2D eigenvalue weighted by atomic mass is 11.4. The van der Waals surface area contributed by atoms with Crippen LogP contribution in [0.25, 0.3) is 0 Å². The molecule has 0 atom stereocenters. The van der Waals surface area contributed by atoms with E-state index in [1.165, 1.54) is 7.11 Å². The molecule has 0 aromatic carbocycles. The Hall–Kier alpha value is -0.0831. The number of ether oxygens (including phenoxy) is 1. The zero-order chi connectivity index (χ0) is 9.61. The molecule has 7 heteroatoms. The molecule has 0 fully saturated rings. The highest BCUT2D eigenvalue weighted by Crippen LogP contribution is 2.16. The average molecular weight is 202 g/mol. The number of methoxy groups -OCH3 is 1. The topological polar surface area (TPSA) is 36.9 Å². The van der Waals surface area contributed by atoms with Crippen molar-refractivity contribution in [3.8, 4) is 0 Å². The normalized spacial score (nSPS) is 12.5. The predicted molar refractivity (Wildman–Crippen MR) is 38.7 cm³/mol. The van der Waals surface area contributed by atoms with Gasteiger partial charge in [0.15, 0.2) is 0 Å². The van der Waals surface area contributed by atoms with Gasteiger partial charge in [-0.3, -0.25) is 0 Å². The fourth-order valence-electron chi connectivity index (χ4n) is 0.583. The molecular formula is C5H12F2O4Si. The molecule has 0 N–H and O–H groups in total. The molecular weight excluding hydrogens is 190 g/mol. The molecule has 0 aliphatic heterocycles. The maximum absolute atomic E-state index is 12.3. The Morgan fingerprint density at radius 2 is 1.67 bits per heavy atom. The molecule has 0 aromatic rings. The van der Waals surface area contributed by atoms with E-state index in [0.29, 0.717) is 0 Å². The highest BCUT2D eigenvalue weighted by Gasteiger charge is 2.50. The third-order valence-corrected chi connectivity index (χ3v) is 3.41. The van der Waals surface area contributed by atoms with Gasteiger partial charge < -0.3 is 18.0 Å². The molecule has 0 saturated carbocycles. The van der Waals surface area contributed by atoms with Gasteiger partial charge in [-0.25, -0.2) is 8.78 Å². The van der Waals surface area contributed by atoms with Crippen LogP contribution >= 0.6 is 0 Å². The first-order valence-corrected chi connectivity index (χ1v) is 4.94. The van der Waals surface area contributed by atoms with Crippen molar-refractivity contribution in [3.63, 3.8) is 0 Å². The summed E-state index contributed by atoms with van der Waals surface area (Å²) < 4.78 is 42.8. The molecule has 0 bridgehead atoms. The summed E-state index contributed by atoms with van der Waals surface area (Å²) in [5.41, 5.74) is 0. The van der Waals surface area contributed by atoms with Crippen molar-refractivity contribution in [1.29, 1.82) is 0 Å². The number of rotatable bonds is 6. The Morgan fingerprint density at radius 3 is 1.92 bits per heavy atom. The summed E-state index contributed by atoms with van der Waals surface area (Å²) in [6.07, 6.45) is 0. The SMILES string of the molecule is COCO[Si](OC)(OC)C(F)F. The van der Waals surface area contributed by atoms with Gasteiger partial charge in [0.1, 0.15) is 6.79 Å². The van der Waals surface area contributed by atoms with E-state index in [1.54, 1.807) is 0 Å². The van der Waals surface area contributed by atoms with Gasteiger partial charge in [0.25, 0.3) is 0 Å². The molecule has 0 rings (SSSR count). The summed E-state index contributed by atoms with van der Waals surface area (Å²) in [6.45, 7) is -0.266. The Bertz CT molecular complexity index is 120. The summed E-state index contributed by atoms with van der Waals surface area (Å²) in [7, 11) is -0.226. The van der Waals surface area contributed by atoms with Crippen LogP contribution in [0.3, 0.4) is 0 Å². The van der Waals surface area contributed by atoms with Crippen LogP contribution in [0.1, 0.15) is 0 Å². The zero-order valence-corrected chi connectivity index (χ0v) is 8.17. The second kappa shape index (κ2) is 5.54. The van der Waals surface area contributed by atoms with Crippen molar-refractivity contribution in [2.75, 3.05) is 28.1 Å². The number of alkyl halides is 2. The predicted octanol–water partition coefficient (Wildman–Crippen LogP) is 0.643. The summed E-state index contributed by atoms with van der Waals surface area (Å²) in [4.78, 5) is 0. The van der Waals surface area contributed by atoms with Gasteiger partial charge in [-0.05, 0) is 0 Å². The molecule has 74 valence electrons. The summed E-state index contributed by atoms with van der Waals surface area (Å²) in [5, 5.41) is 0. The minimum atomic E-state index is -3.80. The van der Waals surface area contributed by atoms with Crippen molar-refractivity contribution >= 4 is 8.80 Å². The van der Waals surface area contributed by atoms with Crippen molar-refractivity contribution < 1.29 is 26.8 Å². The van der Waals surface area contributed by atoms with Gasteiger partial charge in [-0.15, -0.1) is 0 Å². The molecule has 0 aromatic heterocycles. The van der Waals surface area contributed by atoms with Crippen molar-refractivity contribution in [2.45, 2.75) is 6.05 Å². The summed E-state index contributed by atoms with van der Waals surface area (Å²) in [6, 6.07) is -2.76. The van der Waals surface area contributed by atoms with E-state index in [-0.39, 0.29) is 6.79 Å². The van der Waals surface area contributed by atoms with Crippen molar-refractivity contribution in [1.82, 2.24) is 0 Å². The van der Waals surface area contributed by atoms with Crippen LogP contribution in [0.15, 0.2) is 0 Å². The molecule has 0 amide bonds. The second-order valence-corrected chi connectivity index (χ2v) is 4.61. The lowest BCUT2D eigenvalue weighted by molar-refractivity contribution is -0.0386. The first-order valence-electron chi connectivity index (χ1n) is 3.14. The van der Waals surface area contributed by atoms with Gasteiger partial charge in [0, 0.05) is 21.3 Å². The highest BCUT2D eigenvalue weighted by atomic mass is 28.4. The van der Waals surface area contributed by atoms with Gasteiger partial charge in [-0.1, -0.05) is 0 Å². The Labute approximate surface area is 70.7 Å². The zero-order valence-electron chi connectivity index (χ0n) is 7.17. The van der Waals surface area contributed by atoms with Crippen LogP contribution < -0.4 is 0 Å². The fraction of sp³-hybridized carbons (Fsp3) is 1.00. The van der Waals surface area contributed by atoms with E-state index < -0.39 is 14.9 Å². The Balaban J connectivity index is 4.15. The van der Waals surface area contributed by atoms with E-state index in [2.05, 4.69) is 18.0 Å². The van der Waals surface area contributed by atoms with E-state index in [1.807, 2.05) is 0 Å². The molecule has 0 unspecified atom stereocenters. The smallest absolute Gasteiger partial charge is 0.374 e. The molecule has 0 heterocycles. The molecule has 0 radical (unpaired) electrons. The van der Waals surface area contributed by atoms with Crippen LogP contribution in [0.5, 0.6) is 0 Å². The summed E-state index contributed by atoms with van der Waals surface area (Å²) in [5.74, 6) is 0. The van der Waals surface area contributed by atoms with E-state index in [4.69, 9.17) is 0 Å². The number of halogens is 2. The van der Waals surface area contributed by atoms with Crippen LogP contribution in [-0.4, -0.2) is 43.0 Å². The standard InChI is InChI=1S/C5H12F2O4Si/c1-8-4-11-12(9-2,10-3)5(6)7/h5H,4H2,1-3H3. The van der Waals surface area contributed by atoms with Crippen LogP contribution in [0.4, 0.5) is 8.78 Å². The second-order valence-electron chi connectivity index (χ2n) is 1.86. The molecule has 0 aliphatic rings. The first-order chi connectivity index (χ1) is 5.63. The maximum Gasteiger partial charge on any atom is 0.572 e. The van der Waals surface area contributed by atoms with E-state index in [9.17, 15) is 8.78 Å². The molecule has 4 nitrogen and oxygen atoms in total. The van der Waals surface area contributed by atoms with Gasteiger partial charge in [0.05, 0.1) is 0 Å². The fourth-order valence-corrected chi connectivity index (χ4v) is 1.75. The minimum Gasteiger partial charge on any atom is -0.374 e. The quantitative estimate of drug-likeness (QED) is 0.468. The Kier molecular flexibility index (Phi) is 5.50. The van der Waals surface area contributed by atoms with Gasteiger partial charge in [-0.2, -0.15) is 0 Å².